The van der Waals surface area contributed by atoms with E-state index in [4.69, 9.17) is 4.74 Å². The maximum atomic E-state index is 11.9. The molecule has 1 unspecified atom stereocenters. The van der Waals surface area contributed by atoms with Crippen LogP contribution in [0.3, 0.4) is 0 Å². The third-order valence-corrected chi connectivity index (χ3v) is 3.91. The third kappa shape index (κ3) is 5.80. The maximum absolute atomic E-state index is 11.9. The normalized spacial score (nSPS) is 12.8. The zero-order valence-corrected chi connectivity index (χ0v) is 13.1. The smallest absolute Gasteiger partial charge is 0.277 e. The number of aromatic nitrogens is 1. The summed E-state index contributed by atoms with van der Waals surface area (Å²) < 4.78 is 34.2. The first-order valence-corrected chi connectivity index (χ1v) is 8.38. The van der Waals surface area contributed by atoms with Crippen LogP contribution in [0.1, 0.15) is 12.5 Å². The predicted molar refractivity (Wildman–Crippen MR) is 84.5 cm³/mol. The SMILES string of the molecule is CC(CNS(=O)(=O)NCc1ccccc1)Oc1cccnc1. The lowest BCUT2D eigenvalue weighted by Crippen LogP contribution is -2.40. The Labute approximate surface area is 130 Å². The van der Waals surface area contributed by atoms with E-state index in [0.717, 1.165) is 5.56 Å². The molecule has 0 aliphatic carbocycles. The van der Waals surface area contributed by atoms with Gasteiger partial charge in [0.2, 0.25) is 0 Å². The Morgan fingerprint density at radius 2 is 1.91 bits per heavy atom. The number of pyridine rings is 1. The van der Waals surface area contributed by atoms with Crippen LogP contribution in [0, 0.1) is 0 Å². The molecular weight excluding hydrogens is 302 g/mol. The average Bonchev–Trinajstić information content (AvgIpc) is 2.53. The zero-order valence-electron chi connectivity index (χ0n) is 12.3. The fraction of sp³-hybridized carbons (Fsp3) is 0.267. The van der Waals surface area contributed by atoms with Crippen molar-refractivity contribution >= 4 is 10.2 Å². The van der Waals surface area contributed by atoms with E-state index in [1.165, 1.54) is 0 Å². The molecule has 0 radical (unpaired) electrons. The molecule has 0 saturated heterocycles. The van der Waals surface area contributed by atoms with Crippen molar-refractivity contribution in [3.8, 4) is 5.75 Å². The Hall–Kier alpha value is -1.96. The van der Waals surface area contributed by atoms with Crippen LogP contribution in [0.5, 0.6) is 5.75 Å². The molecule has 2 N–H and O–H groups in total. The van der Waals surface area contributed by atoms with Gasteiger partial charge >= 0.3 is 0 Å². The number of nitrogens with zero attached hydrogens (tertiary/aromatic N) is 1. The minimum Gasteiger partial charge on any atom is -0.488 e. The zero-order chi connectivity index (χ0) is 15.8. The Bertz CT molecular complexity index is 663. The van der Waals surface area contributed by atoms with Crippen molar-refractivity contribution in [2.45, 2.75) is 19.6 Å². The largest absolute Gasteiger partial charge is 0.488 e. The summed E-state index contributed by atoms with van der Waals surface area (Å²) in [5.41, 5.74) is 0.896. The third-order valence-electron chi connectivity index (χ3n) is 2.84. The Morgan fingerprint density at radius 3 is 2.59 bits per heavy atom. The maximum Gasteiger partial charge on any atom is 0.277 e. The van der Waals surface area contributed by atoms with Crippen molar-refractivity contribution in [1.82, 2.24) is 14.4 Å². The summed E-state index contributed by atoms with van der Waals surface area (Å²) in [5.74, 6) is 0.603. The lowest BCUT2D eigenvalue weighted by molar-refractivity contribution is 0.224. The van der Waals surface area contributed by atoms with Crippen molar-refractivity contribution in [2.24, 2.45) is 0 Å². The van der Waals surface area contributed by atoms with Crippen molar-refractivity contribution < 1.29 is 13.2 Å². The Kier molecular flexibility index (Phi) is 5.88. The summed E-state index contributed by atoms with van der Waals surface area (Å²) in [7, 11) is -3.56. The van der Waals surface area contributed by atoms with Crippen molar-refractivity contribution in [3.05, 3.63) is 60.4 Å². The second-order valence-corrected chi connectivity index (χ2v) is 6.36. The Morgan fingerprint density at radius 1 is 1.14 bits per heavy atom. The van der Waals surface area contributed by atoms with Crippen molar-refractivity contribution in [3.63, 3.8) is 0 Å². The predicted octanol–water partition coefficient (Wildman–Crippen LogP) is 1.47. The van der Waals surface area contributed by atoms with E-state index < -0.39 is 10.2 Å². The van der Waals surface area contributed by atoms with Gasteiger partial charge in [0.25, 0.3) is 10.2 Å². The molecule has 0 fully saturated rings. The second kappa shape index (κ2) is 7.88. The van der Waals surface area contributed by atoms with E-state index in [9.17, 15) is 8.42 Å². The molecule has 22 heavy (non-hydrogen) atoms. The molecule has 2 aromatic rings. The van der Waals surface area contributed by atoms with Crippen LogP contribution in [-0.4, -0.2) is 26.1 Å². The van der Waals surface area contributed by atoms with Gasteiger partial charge in [0, 0.05) is 19.3 Å². The number of hydrogen-bond donors (Lipinski definition) is 2. The highest BCUT2D eigenvalue weighted by molar-refractivity contribution is 7.87. The highest BCUT2D eigenvalue weighted by Crippen LogP contribution is 2.08. The monoisotopic (exact) mass is 321 g/mol. The van der Waals surface area contributed by atoms with Crippen LogP contribution in [0.25, 0.3) is 0 Å². The van der Waals surface area contributed by atoms with Gasteiger partial charge in [-0.15, -0.1) is 0 Å². The molecule has 0 bridgehead atoms. The van der Waals surface area contributed by atoms with Gasteiger partial charge in [-0.2, -0.15) is 17.9 Å². The quantitative estimate of drug-likeness (QED) is 0.771. The van der Waals surface area contributed by atoms with Crippen LogP contribution in [0.2, 0.25) is 0 Å². The molecule has 1 heterocycles. The summed E-state index contributed by atoms with van der Waals surface area (Å²) in [6.45, 7) is 2.19. The first-order chi connectivity index (χ1) is 10.6. The second-order valence-electron chi connectivity index (χ2n) is 4.78. The van der Waals surface area contributed by atoms with Gasteiger partial charge in [0.05, 0.1) is 6.20 Å². The van der Waals surface area contributed by atoms with Gasteiger partial charge in [-0.3, -0.25) is 4.98 Å². The van der Waals surface area contributed by atoms with Gasteiger partial charge in [-0.05, 0) is 24.6 Å². The van der Waals surface area contributed by atoms with Gasteiger partial charge < -0.3 is 4.74 Å². The summed E-state index contributed by atoms with van der Waals surface area (Å²) in [5, 5.41) is 0. The van der Waals surface area contributed by atoms with Gasteiger partial charge in [0.1, 0.15) is 11.9 Å². The molecule has 1 aromatic carbocycles. The van der Waals surface area contributed by atoms with Crippen molar-refractivity contribution in [2.75, 3.05) is 6.54 Å². The minimum absolute atomic E-state index is 0.166. The standard InChI is InChI=1S/C15H19N3O3S/c1-13(21-15-8-5-9-16-12-15)10-17-22(19,20)18-11-14-6-3-2-4-7-14/h2-9,12-13,17-18H,10-11H2,1H3. The molecule has 0 saturated carbocycles. The summed E-state index contributed by atoms with van der Waals surface area (Å²) in [6.07, 6.45) is 2.92. The minimum atomic E-state index is -3.56. The number of benzene rings is 1. The number of nitrogens with one attached hydrogen (secondary N) is 2. The number of hydrogen-bond acceptors (Lipinski definition) is 4. The molecule has 2 rings (SSSR count). The highest BCUT2D eigenvalue weighted by atomic mass is 32.2. The van der Waals surface area contributed by atoms with E-state index in [0.29, 0.717) is 5.75 Å². The lowest BCUT2D eigenvalue weighted by Gasteiger charge is -2.15. The van der Waals surface area contributed by atoms with Gasteiger partial charge in [0.15, 0.2) is 0 Å². The van der Waals surface area contributed by atoms with Crippen LogP contribution in [0.15, 0.2) is 54.9 Å². The number of rotatable bonds is 8. The molecule has 0 spiro atoms. The van der Waals surface area contributed by atoms with Gasteiger partial charge in [-0.25, -0.2) is 0 Å². The summed E-state index contributed by atoms with van der Waals surface area (Å²) >= 11 is 0. The van der Waals surface area contributed by atoms with E-state index >= 15 is 0 Å². The first kappa shape index (κ1) is 16.4. The van der Waals surface area contributed by atoms with E-state index in [1.54, 1.807) is 31.5 Å². The fourth-order valence-electron chi connectivity index (χ4n) is 1.74. The van der Waals surface area contributed by atoms with Crippen LogP contribution in [0.4, 0.5) is 0 Å². The summed E-state index contributed by atoms with van der Waals surface area (Å²) in [4.78, 5) is 3.93. The summed E-state index contributed by atoms with van der Waals surface area (Å²) in [6, 6.07) is 12.8. The molecule has 0 aliphatic rings. The van der Waals surface area contributed by atoms with E-state index in [-0.39, 0.29) is 19.2 Å². The molecule has 118 valence electrons. The van der Waals surface area contributed by atoms with E-state index in [1.807, 2.05) is 30.3 Å². The van der Waals surface area contributed by atoms with Crippen LogP contribution in [-0.2, 0) is 16.8 Å². The number of ether oxygens (including phenoxy) is 1. The van der Waals surface area contributed by atoms with Crippen LogP contribution >= 0.6 is 0 Å². The van der Waals surface area contributed by atoms with E-state index in [2.05, 4.69) is 14.4 Å². The molecule has 1 aromatic heterocycles. The van der Waals surface area contributed by atoms with Crippen molar-refractivity contribution in [1.29, 1.82) is 0 Å². The molecule has 0 aliphatic heterocycles. The average molecular weight is 321 g/mol. The highest BCUT2D eigenvalue weighted by Gasteiger charge is 2.12. The molecule has 0 amide bonds. The molecular formula is C15H19N3O3S. The van der Waals surface area contributed by atoms with Crippen LogP contribution < -0.4 is 14.2 Å². The molecule has 6 nitrogen and oxygen atoms in total. The topological polar surface area (TPSA) is 80.3 Å². The Balaban J connectivity index is 1.77. The fourth-order valence-corrected chi connectivity index (χ4v) is 2.66. The van der Waals surface area contributed by atoms with Gasteiger partial charge in [-0.1, -0.05) is 30.3 Å². The molecule has 7 heteroatoms. The lowest BCUT2D eigenvalue weighted by atomic mass is 10.2. The molecule has 1 atom stereocenters. The first-order valence-electron chi connectivity index (χ1n) is 6.90.